The van der Waals surface area contributed by atoms with Gasteiger partial charge in [-0.3, -0.25) is 4.90 Å². The van der Waals surface area contributed by atoms with Crippen molar-refractivity contribution in [1.82, 2.24) is 29.0 Å². The minimum atomic E-state index is -0.296. The van der Waals surface area contributed by atoms with Crippen LogP contribution in [0.5, 0.6) is 5.75 Å². The SMILES string of the molecule is CN1CCN(CCOc2ccc(-c3cn4c(=O)n(-c5ccccc5)nc4c(N)n3)cc2)CC1. The van der Waals surface area contributed by atoms with E-state index in [9.17, 15) is 4.79 Å². The molecule has 4 aromatic rings. The molecule has 1 saturated heterocycles. The van der Waals surface area contributed by atoms with Gasteiger partial charge in [0.05, 0.1) is 11.4 Å². The highest BCUT2D eigenvalue weighted by Gasteiger charge is 2.15. The van der Waals surface area contributed by atoms with Gasteiger partial charge in [-0.1, -0.05) is 18.2 Å². The van der Waals surface area contributed by atoms with E-state index in [2.05, 4.69) is 26.9 Å². The van der Waals surface area contributed by atoms with Gasteiger partial charge in [-0.2, -0.15) is 4.68 Å². The maximum Gasteiger partial charge on any atom is 0.355 e. The molecule has 5 rings (SSSR count). The Kier molecular flexibility index (Phi) is 5.80. The van der Waals surface area contributed by atoms with Crippen LogP contribution in [0.3, 0.4) is 0 Å². The Hall–Kier alpha value is -3.69. The molecule has 2 aromatic heterocycles. The van der Waals surface area contributed by atoms with E-state index in [-0.39, 0.29) is 11.5 Å². The summed E-state index contributed by atoms with van der Waals surface area (Å²) in [7, 11) is 2.15. The fourth-order valence-electron chi connectivity index (χ4n) is 3.96. The van der Waals surface area contributed by atoms with Gasteiger partial charge >= 0.3 is 5.69 Å². The summed E-state index contributed by atoms with van der Waals surface area (Å²) >= 11 is 0. The van der Waals surface area contributed by atoms with E-state index in [0.29, 0.717) is 23.6 Å². The van der Waals surface area contributed by atoms with Gasteiger partial charge in [0.2, 0.25) is 5.65 Å². The molecule has 2 N–H and O–H groups in total. The van der Waals surface area contributed by atoms with Crippen molar-refractivity contribution < 1.29 is 4.74 Å². The number of aromatic nitrogens is 4. The summed E-state index contributed by atoms with van der Waals surface area (Å²) in [5, 5.41) is 4.36. The quantitative estimate of drug-likeness (QED) is 0.483. The maximum atomic E-state index is 12.9. The Labute approximate surface area is 191 Å². The molecule has 3 heterocycles. The van der Waals surface area contributed by atoms with Gasteiger partial charge in [-0.25, -0.2) is 14.2 Å². The lowest BCUT2D eigenvalue weighted by molar-refractivity contribution is 0.134. The van der Waals surface area contributed by atoms with Crippen molar-refractivity contribution >= 4 is 11.5 Å². The molecule has 170 valence electrons. The van der Waals surface area contributed by atoms with Crippen molar-refractivity contribution in [2.24, 2.45) is 0 Å². The third kappa shape index (κ3) is 4.46. The van der Waals surface area contributed by atoms with E-state index >= 15 is 0 Å². The molecule has 0 radical (unpaired) electrons. The first-order chi connectivity index (χ1) is 16.1. The molecule has 9 nitrogen and oxygen atoms in total. The predicted molar refractivity (Wildman–Crippen MR) is 128 cm³/mol. The molecular formula is C24H27N7O2. The minimum Gasteiger partial charge on any atom is -0.492 e. The number of piperazine rings is 1. The first-order valence-corrected chi connectivity index (χ1v) is 11.1. The lowest BCUT2D eigenvalue weighted by Gasteiger charge is -2.32. The second-order valence-corrected chi connectivity index (χ2v) is 8.25. The summed E-state index contributed by atoms with van der Waals surface area (Å²) in [5.41, 5.74) is 8.29. The van der Waals surface area contributed by atoms with Crippen molar-refractivity contribution in [3.8, 4) is 22.7 Å². The van der Waals surface area contributed by atoms with Gasteiger partial charge < -0.3 is 15.4 Å². The number of para-hydroxylation sites is 1. The molecule has 0 unspecified atom stereocenters. The van der Waals surface area contributed by atoms with E-state index in [1.807, 2.05) is 54.6 Å². The number of nitrogens with two attached hydrogens (primary N) is 1. The van der Waals surface area contributed by atoms with Crippen LogP contribution in [0.2, 0.25) is 0 Å². The van der Waals surface area contributed by atoms with E-state index in [4.69, 9.17) is 10.5 Å². The van der Waals surface area contributed by atoms with Crippen molar-refractivity contribution in [2.45, 2.75) is 0 Å². The van der Waals surface area contributed by atoms with E-state index < -0.39 is 0 Å². The maximum absolute atomic E-state index is 12.9. The smallest absolute Gasteiger partial charge is 0.355 e. The van der Waals surface area contributed by atoms with Crippen LogP contribution < -0.4 is 16.2 Å². The van der Waals surface area contributed by atoms with E-state index in [0.717, 1.165) is 44.0 Å². The number of benzene rings is 2. The number of rotatable bonds is 6. The molecule has 0 bridgehead atoms. The predicted octanol–water partition coefficient (Wildman–Crippen LogP) is 1.76. The summed E-state index contributed by atoms with van der Waals surface area (Å²) in [6.07, 6.45) is 1.67. The van der Waals surface area contributed by atoms with Crippen LogP contribution in [0.4, 0.5) is 5.82 Å². The van der Waals surface area contributed by atoms with Gasteiger partial charge in [-0.15, -0.1) is 5.10 Å². The number of hydrogen-bond acceptors (Lipinski definition) is 7. The average molecular weight is 446 g/mol. The molecule has 0 aliphatic carbocycles. The zero-order chi connectivity index (χ0) is 22.8. The monoisotopic (exact) mass is 445 g/mol. The van der Waals surface area contributed by atoms with Gasteiger partial charge in [0.15, 0.2) is 5.82 Å². The highest BCUT2D eigenvalue weighted by molar-refractivity contribution is 5.67. The molecule has 0 atom stereocenters. The fourth-order valence-corrected chi connectivity index (χ4v) is 3.96. The summed E-state index contributed by atoms with van der Waals surface area (Å²) in [4.78, 5) is 22.2. The lowest BCUT2D eigenvalue weighted by atomic mass is 10.1. The third-order valence-electron chi connectivity index (χ3n) is 5.95. The summed E-state index contributed by atoms with van der Waals surface area (Å²) in [6, 6.07) is 16.9. The highest BCUT2D eigenvalue weighted by atomic mass is 16.5. The number of likely N-dealkylation sites (N-methyl/N-ethyl adjacent to an activating group) is 1. The zero-order valence-corrected chi connectivity index (χ0v) is 18.6. The van der Waals surface area contributed by atoms with Crippen molar-refractivity contribution in [3.05, 3.63) is 71.3 Å². The second-order valence-electron chi connectivity index (χ2n) is 8.25. The van der Waals surface area contributed by atoms with Crippen LogP contribution in [0.15, 0.2) is 65.6 Å². The molecule has 9 heteroatoms. The zero-order valence-electron chi connectivity index (χ0n) is 18.6. The van der Waals surface area contributed by atoms with Crippen LogP contribution in [0.25, 0.3) is 22.6 Å². The van der Waals surface area contributed by atoms with Crippen LogP contribution in [0.1, 0.15) is 0 Å². The molecule has 2 aromatic carbocycles. The minimum absolute atomic E-state index is 0.201. The molecule has 1 aliphatic heterocycles. The Morgan fingerprint density at radius 1 is 1.00 bits per heavy atom. The van der Waals surface area contributed by atoms with E-state index in [1.165, 1.54) is 9.08 Å². The Morgan fingerprint density at radius 2 is 1.73 bits per heavy atom. The second kappa shape index (κ2) is 9.05. The molecule has 1 fully saturated rings. The van der Waals surface area contributed by atoms with Crippen LogP contribution >= 0.6 is 0 Å². The van der Waals surface area contributed by atoms with Crippen LogP contribution in [-0.2, 0) is 0 Å². The summed E-state index contributed by atoms with van der Waals surface area (Å²) in [6.45, 7) is 5.92. The average Bonchev–Trinajstić information content (AvgIpc) is 3.18. The largest absolute Gasteiger partial charge is 0.492 e. The first kappa shape index (κ1) is 21.2. The molecule has 0 saturated carbocycles. The number of hydrogen-bond donors (Lipinski definition) is 1. The van der Waals surface area contributed by atoms with Gasteiger partial charge in [0.1, 0.15) is 12.4 Å². The molecule has 0 spiro atoms. The third-order valence-corrected chi connectivity index (χ3v) is 5.95. The van der Waals surface area contributed by atoms with Gasteiger partial charge in [-0.05, 0) is 43.4 Å². The van der Waals surface area contributed by atoms with Crippen molar-refractivity contribution in [1.29, 1.82) is 0 Å². The topological polar surface area (TPSA) is 93.9 Å². The number of ether oxygens (including phenoxy) is 1. The standard InChI is InChI=1S/C24H27N7O2/c1-28-11-13-29(14-12-28)15-16-33-20-9-7-18(8-10-20)21-17-30-23(22(25)26-21)27-31(24(30)32)19-5-3-2-4-6-19/h2-10,17H,11-16H2,1H3,(H2,25,26). The van der Waals surface area contributed by atoms with E-state index in [1.54, 1.807) is 6.20 Å². The Balaban J connectivity index is 1.32. The molecule has 1 aliphatic rings. The number of anilines is 1. The molecular weight excluding hydrogens is 418 g/mol. The van der Waals surface area contributed by atoms with Gasteiger partial charge in [0, 0.05) is 44.5 Å². The van der Waals surface area contributed by atoms with Crippen LogP contribution in [-0.4, -0.2) is 75.3 Å². The first-order valence-electron chi connectivity index (χ1n) is 11.1. The van der Waals surface area contributed by atoms with Crippen LogP contribution in [0, 0.1) is 0 Å². The number of nitrogens with zero attached hydrogens (tertiary/aromatic N) is 6. The Bertz CT molecular complexity index is 1290. The molecule has 0 amide bonds. The lowest BCUT2D eigenvalue weighted by Crippen LogP contribution is -2.45. The fraction of sp³-hybridized carbons (Fsp3) is 0.292. The normalized spacial score (nSPS) is 15.2. The summed E-state index contributed by atoms with van der Waals surface area (Å²) in [5.74, 6) is 1.00. The van der Waals surface area contributed by atoms with Crippen molar-refractivity contribution in [3.63, 3.8) is 0 Å². The molecule has 33 heavy (non-hydrogen) atoms. The highest BCUT2D eigenvalue weighted by Crippen LogP contribution is 2.23. The number of fused-ring (bicyclic) bond motifs is 1. The summed E-state index contributed by atoms with van der Waals surface area (Å²) < 4.78 is 8.69. The Morgan fingerprint density at radius 3 is 2.45 bits per heavy atom. The van der Waals surface area contributed by atoms with Crippen molar-refractivity contribution in [2.75, 3.05) is 52.1 Å². The number of nitrogen functional groups attached to an aromatic ring is 1. The van der Waals surface area contributed by atoms with Gasteiger partial charge in [0.25, 0.3) is 0 Å².